The molecule has 0 aromatic carbocycles. The Morgan fingerprint density at radius 3 is 0.788 bits per heavy atom. The molecule has 0 saturated carbocycles. The van der Waals surface area contributed by atoms with Crippen LogP contribution in [0.1, 0.15) is 336 Å². The van der Waals surface area contributed by atoms with Gasteiger partial charge in [-0.15, -0.1) is 0 Å². The van der Waals surface area contributed by atoms with E-state index in [1.54, 1.807) is 0 Å². The standard InChI is InChI=1S/C60H116O6/c1-6-9-10-11-12-13-14-15-16-17-18-19-23-26-29-35-40-45-50-58(61)64-53-57(66-60(63)52-47-42-37-32-31-34-39-44-49-56(5)8-3)54-65-59(62)51-46-41-36-30-27-24-21-20-22-25-28-33-38-43-48-55(4)7-2/h55-57H,6-54H2,1-5H3/t55?,56?,57-/m1/s1. The Balaban J connectivity index is 4.26. The minimum atomic E-state index is -0.763. The van der Waals surface area contributed by atoms with Crippen LogP contribution in [0.3, 0.4) is 0 Å². The largest absolute Gasteiger partial charge is 0.462 e. The fraction of sp³-hybridized carbons (Fsp3) is 0.950. The van der Waals surface area contributed by atoms with E-state index in [-0.39, 0.29) is 31.1 Å². The van der Waals surface area contributed by atoms with Crippen molar-refractivity contribution in [2.45, 2.75) is 343 Å². The molecule has 0 saturated heterocycles. The summed E-state index contributed by atoms with van der Waals surface area (Å²) in [7, 11) is 0. The van der Waals surface area contributed by atoms with E-state index in [0.29, 0.717) is 19.3 Å². The molecule has 0 aromatic rings. The van der Waals surface area contributed by atoms with E-state index in [2.05, 4.69) is 34.6 Å². The van der Waals surface area contributed by atoms with Gasteiger partial charge in [-0.1, -0.05) is 298 Å². The normalized spacial score (nSPS) is 12.9. The number of carbonyl (C=O) groups excluding carboxylic acids is 3. The zero-order valence-electron chi connectivity index (χ0n) is 45.3. The number of hydrogen-bond acceptors (Lipinski definition) is 6. The average Bonchev–Trinajstić information content (AvgIpc) is 3.32. The van der Waals surface area contributed by atoms with Gasteiger partial charge in [-0.05, 0) is 31.1 Å². The Labute approximate surface area is 412 Å². The molecule has 3 atom stereocenters. The van der Waals surface area contributed by atoms with E-state index < -0.39 is 6.10 Å². The number of carbonyl (C=O) groups is 3. The van der Waals surface area contributed by atoms with Crippen molar-refractivity contribution >= 4 is 17.9 Å². The Bertz CT molecular complexity index is 1010. The second-order valence-electron chi connectivity index (χ2n) is 21.1. The van der Waals surface area contributed by atoms with Crippen molar-refractivity contribution in [2.75, 3.05) is 13.2 Å². The predicted molar refractivity (Wildman–Crippen MR) is 284 cm³/mol. The maximum absolute atomic E-state index is 12.8. The molecular weight excluding hydrogens is 817 g/mol. The van der Waals surface area contributed by atoms with Crippen LogP contribution in [0.25, 0.3) is 0 Å². The molecular formula is C60H116O6. The number of unbranched alkanes of at least 4 members (excludes halogenated alkanes) is 37. The highest BCUT2D eigenvalue weighted by atomic mass is 16.6. The third kappa shape index (κ3) is 50.3. The SMILES string of the molecule is CCCCCCCCCCCCCCCCCCCCC(=O)OC[C@H](COC(=O)CCCCCCCCCCCCCCCCC(C)CC)OC(=O)CCCCCCCCCCC(C)CC. The van der Waals surface area contributed by atoms with Gasteiger partial charge >= 0.3 is 17.9 Å². The summed E-state index contributed by atoms with van der Waals surface area (Å²) in [4.78, 5) is 38.2. The Morgan fingerprint density at radius 1 is 0.303 bits per heavy atom. The highest BCUT2D eigenvalue weighted by Crippen LogP contribution is 2.19. The van der Waals surface area contributed by atoms with Gasteiger partial charge in [0, 0.05) is 19.3 Å². The van der Waals surface area contributed by atoms with Gasteiger partial charge in [0.05, 0.1) is 0 Å². The van der Waals surface area contributed by atoms with Gasteiger partial charge in [-0.25, -0.2) is 0 Å². The van der Waals surface area contributed by atoms with E-state index in [0.717, 1.165) is 69.6 Å². The molecule has 6 nitrogen and oxygen atoms in total. The van der Waals surface area contributed by atoms with Crippen LogP contribution >= 0.6 is 0 Å². The summed E-state index contributed by atoms with van der Waals surface area (Å²) < 4.78 is 16.9. The van der Waals surface area contributed by atoms with Gasteiger partial charge in [-0.3, -0.25) is 14.4 Å². The number of ether oxygens (including phenoxy) is 3. The van der Waals surface area contributed by atoms with Crippen LogP contribution in [-0.4, -0.2) is 37.2 Å². The third-order valence-corrected chi connectivity index (χ3v) is 14.4. The maximum atomic E-state index is 12.8. The Hall–Kier alpha value is -1.59. The third-order valence-electron chi connectivity index (χ3n) is 14.4. The van der Waals surface area contributed by atoms with Crippen molar-refractivity contribution in [1.29, 1.82) is 0 Å². The van der Waals surface area contributed by atoms with Crippen LogP contribution in [0, 0.1) is 11.8 Å². The topological polar surface area (TPSA) is 78.9 Å². The van der Waals surface area contributed by atoms with Crippen molar-refractivity contribution in [2.24, 2.45) is 11.8 Å². The van der Waals surface area contributed by atoms with Gasteiger partial charge in [-0.2, -0.15) is 0 Å². The molecule has 6 heteroatoms. The molecule has 0 amide bonds. The van der Waals surface area contributed by atoms with E-state index in [1.807, 2.05) is 0 Å². The molecule has 2 unspecified atom stereocenters. The summed E-state index contributed by atoms with van der Waals surface area (Å²) in [6.45, 7) is 11.5. The van der Waals surface area contributed by atoms with Crippen molar-refractivity contribution < 1.29 is 28.6 Å². The van der Waals surface area contributed by atoms with Crippen LogP contribution in [0.5, 0.6) is 0 Å². The Kier molecular flexibility index (Phi) is 51.5. The van der Waals surface area contributed by atoms with Crippen LogP contribution in [0.15, 0.2) is 0 Å². The van der Waals surface area contributed by atoms with Crippen molar-refractivity contribution in [3.05, 3.63) is 0 Å². The molecule has 0 bridgehead atoms. The molecule has 392 valence electrons. The minimum absolute atomic E-state index is 0.0630. The smallest absolute Gasteiger partial charge is 0.306 e. The first kappa shape index (κ1) is 64.4. The van der Waals surface area contributed by atoms with Crippen LogP contribution in [0.4, 0.5) is 0 Å². The highest BCUT2D eigenvalue weighted by molar-refractivity contribution is 5.71. The van der Waals surface area contributed by atoms with Crippen molar-refractivity contribution in [3.8, 4) is 0 Å². The van der Waals surface area contributed by atoms with E-state index in [9.17, 15) is 14.4 Å². The average molecular weight is 934 g/mol. The molecule has 0 heterocycles. The minimum Gasteiger partial charge on any atom is -0.462 e. The van der Waals surface area contributed by atoms with E-state index in [1.165, 1.54) is 225 Å². The molecule has 0 N–H and O–H groups in total. The second kappa shape index (κ2) is 52.8. The summed E-state index contributed by atoms with van der Waals surface area (Å²) in [5.41, 5.74) is 0. The second-order valence-corrected chi connectivity index (χ2v) is 21.1. The van der Waals surface area contributed by atoms with Gasteiger partial charge in [0.25, 0.3) is 0 Å². The molecule has 0 aliphatic rings. The van der Waals surface area contributed by atoms with E-state index in [4.69, 9.17) is 14.2 Å². The fourth-order valence-electron chi connectivity index (χ4n) is 9.16. The van der Waals surface area contributed by atoms with Gasteiger partial charge in [0.15, 0.2) is 6.10 Å². The molecule has 0 aromatic heterocycles. The maximum Gasteiger partial charge on any atom is 0.306 e. The first-order valence-electron chi connectivity index (χ1n) is 29.8. The van der Waals surface area contributed by atoms with Crippen LogP contribution < -0.4 is 0 Å². The number of esters is 3. The molecule has 0 spiro atoms. The predicted octanol–water partition coefficient (Wildman–Crippen LogP) is 19.7. The quantitative estimate of drug-likeness (QED) is 0.0343. The lowest BCUT2D eigenvalue weighted by atomic mass is 9.99. The van der Waals surface area contributed by atoms with Crippen molar-refractivity contribution in [1.82, 2.24) is 0 Å². The highest BCUT2D eigenvalue weighted by Gasteiger charge is 2.19. The van der Waals surface area contributed by atoms with Gasteiger partial charge < -0.3 is 14.2 Å². The molecule has 0 radical (unpaired) electrons. The molecule has 0 aliphatic carbocycles. The molecule has 66 heavy (non-hydrogen) atoms. The summed E-state index contributed by atoms with van der Waals surface area (Å²) >= 11 is 0. The monoisotopic (exact) mass is 933 g/mol. The lowest BCUT2D eigenvalue weighted by Crippen LogP contribution is -2.30. The molecule has 0 fully saturated rings. The number of rotatable bonds is 54. The molecule has 0 rings (SSSR count). The summed E-state index contributed by atoms with van der Waals surface area (Å²) in [5.74, 6) is 0.900. The lowest BCUT2D eigenvalue weighted by Gasteiger charge is -2.18. The first-order chi connectivity index (χ1) is 32.3. The summed E-state index contributed by atoms with van der Waals surface area (Å²) in [5, 5.41) is 0. The summed E-state index contributed by atoms with van der Waals surface area (Å²) in [6.07, 6.45) is 56.6. The van der Waals surface area contributed by atoms with Crippen LogP contribution in [-0.2, 0) is 28.6 Å². The van der Waals surface area contributed by atoms with E-state index >= 15 is 0 Å². The van der Waals surface area contributed by atoms with Gasteiger partial charge in [0.1, 0.15) is 13.2 Å². The lowest BCUT2D eigenvalue weighted by molar-refractivity contribution is -0.167. The zero-order chi connectivity index (χ0) is 48.2. The number of hydrogen-bond donors (Lipinski definition) is 0. The van der Waals surface area contributed by atoms with Crippen molar-refractivity contribution in [3.63, 3.8) is 0 Å². The fourth-order valence-corrected chi connectivity index (χ4v) is 9.16. The summed E-state index contributed by atoms with van der Waals surface area (Å²) in [6, 6.07) is 0. The molecule has 0 aliphatic heterocycles. The Morgan fingerprint density at radius 2 is 0.530 bits per heavy atom. The van der Waals surface area contributed by atoms with Crippen LogP contribution in [0.2, 0.25) is 0 Å². The first-order valence-corrected chi connectivity index (χ1v) is 29.8. The zero-order valence-corrected chi connectivity index (χ0v) is 45.3. The van der Waals surface area contributed by atoms with Gasteiger partial charge in [0.2, 0.25) is 0 Å².